The molecule has 176 valence electrons. The Morgan fingerprint density at radius 2 is 0.793 bits per heavy atom. The van der Waals surface area contributed by atoms with Crippen LogP contribution in [0.3, 0.4) is 0 Å². The number of ether oxygens (including phenoxy) is 3. The van der Waals surface area contributed by atoms with E-state index in [4.69, 9.17) is 31.3 Å². The van der Waals surface area contributed by atoms with Gasteiger partial charge in [0.15, 0.2) is 0 Å². The van der Waals surface area contributed by atoms with Gasteiger partial charge in [0.1, 0.15) is 0 Å². The Kier molecular flexibility index (Phi) is 13.9. The van der Waals surface area contributed by atoms with Crippen LogP contribution in [-0.4, -0.2) is 75.9 Å². The lowest BCUT2D eigenvalue weighted by molar-refractivity contribution is 0.0603. The molecule has 0 spiro atoms. The summed E-state index contributed by atoms with van der Waals surface area (Å²) in [7, 11) is -8.06. The zero-order valence-corrected chi connectivity index (χ0v) is 23.6. The van der Waals surface area contributed by atoms with E-state index in [0.29, 0.717) is 31.9 Å². The Labute approximate surface area is 182 Å². The van der Waals surface area contributed by atoms with Crippen molar-refractivity contribution in [1.29, 1.82) is 0 Å². The predicted octanol–water partition coefficient (Wildman–Crippen LogP) is 4.20. The molecule has 0 heterocycles. The summed E-state index contributed by atoms with van der Waals surface area (Å²) in [4.78, 5) is 0. The summed E-state index contributed by atoms with van der Waals surface area (Å²) in [5, 5.41) is 0. The molecule has 0 rings (SSSR count). The molecule has 0 fully saturated rings. The van der Waals surface area contributed by atoms with Gasteiger partial charge in [-0.05, 0) is 75.0 Å². The third kappa shape index (κ3) is 13.4. The van der Waals surface area contributed by atoms with Crippen LogP contribution in [0, 0.1) is 0 Å². The Morgan fingerprint density at radius 1 is 0.517 bits per heavy atom. The van der Waals surface area contributed by atoms with Gasteiger partial charge in [0.05, 0.1) is 37.0 Å². The molecule has 0 saturated carbocycles. The van der Waals surface area contributed by atoms with E-state index in [2.05, 4.69) is 0 Å². The maximum Gasteiger partial charge on any atom is 0.352 e. The predicted molar refractivity (Wildman–Crippen MR) is 124 cm³/mol. The number of rotatable bonds is 17. The van der Waals surface area contributed by atoms with Crippen molar-refractivity contribution in [3.63, 3.8) is 0 Å². The van der Waals surface area contributed by atoms with Crippen LogP contribution in [0.4, 0.5) is 0 Å². The van der Waals surface area contributed by atoms with Crippen LogP contribution in [0.25, 0.3) is 0 Å². The molecular weight excluding hydrogens is 424 g/mol. The van der Waals surface area contributed by atoms with Gasteiger partial charge in [0.25, 0.3) is 0 Å². The lowest BCUT2D eigenvalue weighted by Crippen LogP contribution is -2.63. The standard InChI is InChI=1S/C19H46O7Si3/c1-12-23-27(9,14-20-17(3)4)25-29(11,16-22-19(7)8)26-28(10,24-13-2)15-21-18(5)6/h17-19H,12-16H2,1-11H3. The van der Waals surface area contributed by atoms with E-state index in [0.717, 1.165) is 0 Å². The van der Waals surface area contributed by atoms with Crippen molar-refractivity contribution in [2.24, 2.45) is 0 Å². The first kappa shape index (κ1) is 29.4. The smallest absolute Gasteiger partial charge is 0.352 e. The van der Waals surface area contributed by atoms with Gasteiger partial charge in [-0.15, -0.1) is 0 Å². The molecule has 2 unspecified atom stereocenters. The van der Waals surface area contributed by atoms with E-state index in [1.54, 1.807) is 0 Å². The van der Waals surface area contributed by atoms with Gasteiger partial charge in [-0.25, -0.2) is 0 Å². The van der Waals surface area contributed by atoms with Gasteiger partial charge in [-0.2, -0.15) is 0 Å². The van der Waals surface area contributed by atoms with Crippen molar-refractivity contribution in [1.82, 2.24) is 0 Å². The zero-order chi connectivity index (χ0) is 22.7. The second-order valence-corrected chi connectivity index (χ2v) is 18.4. The quantitative estimate of drug-likeness (QED) is 0.295. The fourth-order valence-electron chi connectivity index (χ4n) is 2.76. The highest BCUT2D eigenvalue weighted by Gasteiger charge is 2.49. The summed E-state index contributed by atoms with van der Waals surface area (Å²) in [5.41, 5.74) is 0. The second-order valence-electron chi connectivity index (χ2n) is 8.55. The summed E-state index contributed by atoms with van der Waals surface area (Å²) in [5.74, 6) is 0. The van der Waals surface area contributed by atoms with Crippen molar-refractivity contribution in [3.8, 4) is 0 Å². The van der Waals surface area contributed by atoms with Gasteiger partial charge in [0, 0.05) is 13.2 Å². The van der Waals surface area contributed by atoms with Crippen molar-refractivity contribution in [3.05, 3.63) is 0 Å². The number of hydrogen-bond acceptors (Lipinski definition) is 7. The Bertz CT molecular complexity index is 410. The third-order valence-electron chi connectivity index (χ3n) is 3.80. The minimum Gasteiger partial charge on any atom is -0.412 e. The van der Waals surface area contributed by atoms with E-state index in [1.165, 1.54) is 0 Å². The fourth-order valence-corrected chi connectivity index (χ4v) is 15.3. The first-order chi connectivity index (χ1) is 13.3. The molecule has 2 atom stereocenters. The van der Waals surface area contributed by atoms with Crippen LogP contribution in [0.5, 0.6) is 0 Å². The van der Waals surface area contributed by atoms with E-state index >= 15 is 0 Å². The van der Waals surface area contributed by atoms with Crippen molar-refractivity contribution >= 4 is 25.7 Å². The average molecular weight is 471 g/mol. The Morgan fingerprint density at radius 3 is 1.03 bits per heavy atom. The van der Waals surface area contributed by atoms with Gasteiger partial charge < -0.3 is 31.3 Å². The summed E-state index contributed by atoms with van der Waals surface area (Å²) in [6, 6.07) is 0. The molecule has 0 aliphatic carbocycles. The SMILES string of the molecule is CCO[Si](C)(COC(C)C)O[Si](C)(COC(C)C)O[Si](C)(COC(C)C)OCC. The molecule has 0 aliphatic heterocycles. The third-order valence-corrected chi connectivity index (χ3v) is 14.6. The highest BCUT2D eigenvalue weighted by Crippen LogP contribution is 2.24. The molecule has 0 bridgehead atoms. The second kappa shape index (κ2) is 13.7. The van der Waals surface area contributed by atoms with Crippen molar-refractivity contribution in [2.75, 3.05) is 31.9 Å². The largest absolute Gasteiger partial charge is 0.412 e. The first-order valence-electron chi connectivity index (χ1n) is 10.8. The van der Waals surface area contributed by atoms with E-state index in [-0.39, 0.29) is 18.3 Å². The van der Waals surface area contributed by atoms with Crippen LogP contribution in [0.1, 0.15) is 55.4 Å². The van der Waals surface area contributed by atoms with Crippen LogP contribution in [0.15, 0.2) is 0 Å². The van der Waals surface area contributed by atoms with Crippen LogP contribution < -0.4 is 0 Å². The van der Waals surface area contributed by atoms with Gasteiger partial charge in [-0.3, -0.25) is 0 Å². The Hall–Kier alpha value is 0.371. The molecule has 0 N–H and O–H groups in total. The minimum atomic E-state index is -2.81. The molecule has 7 nitrogen and oxygen atoms in total. The molecular formula is C19H46O7Si3. The van der Waals surface area contributed by atoms with Gasteiger partial charge in [0.2, 0.25) is 0 Å². The topological polar surface area (TPSA) is 64.6 Å². The Balaban J connectivity index is 5.63. The molecule has 0 saturated heterocycles. The van der Waals surface area contributed by atoms with Crippen molar-refractivity contribution < 1.29 is 31.3 Å². The van der Waals surface area contributed by atoms with E-state index < -0.39 is 25.7 Å². The lowest BCUT2D eigenvalue weighted by atomic mass is 10.5. The van der Waals surface area contributed by atoms with E-state index in [1.807, 2.05) is 75.0 Å². The average Bonchev–Trinajstić information content (AvgIpc) is 2.57. The fraction of sp³-hybridized carbons (Fsp3) is 1.00. The van der Waals surface area contributed by atoms with Gasteiger partial charge >= 0.3 is 25.7 Å². The zero-order valence-electron chi connectivity index (χ0n) is 20.6. The molecule has 10 heteroatoms. The molecule has 0 aromatic carbocycles. The summed E-state index contributed by atoms with van der Waals surface area (Å²) < 4.78 is 43.3. The molecule has 0 amide bonds. The summed E-state index contributed by atoms with van der Waals surface area (Å²) in [6.45, 7) is 23.3. The normalized spacial score (nSPS) is 18.8. The summed E-state index contributed by atoms with van der Waals surface area (Å²) >= 11 is 0. The molecule has 29 heavy (non-hydrogen) atoms. The molecule has 0 aromatic rings. The first-order valence-corrected chi connectivity index (χ1v) is 18.4. The van der Waals surface area contributed by atoms with E-state index in [9.17, 15) is 0 Å². The molecule has 0 aromatic heterocycles. The van der Waals surface area contributed by atoms with Crippen LogP contribution >= 0.6 is 0 Å². The molecule has 0 aliphatic rings. The monoisotopic (exact) mass is 470 g/mol. The maximum atomic E-state index is 6.70. The minimum absolute atomic E-state index is 0.0767. The summed E-state index contributed by atoms with van der Waals surface area (Å²) in [6.07, 6.45) is 1.58. The lowest BCUT2D eigenvalue weighted by Gasteiger charge is -2.41. The van der Waals surface area contributed by atoms with Gasteiger partial charge in [-0.1, -0.05) is 0 Å². The number of hydrogen-bond donors (Lipinski definition) is 0. The molecule has 0 radical (unpaired) electrons. The van der Waals surface area contributed by atoms with Crippen LogP contribution in [0.2, 0.25) is 19.6 Å². The maximum absolute atomic E-state index is 6.70. The highest BCUT2D eigenvalue weighted by molar-refractivity contribution is 6.85. The van der Waals surface area contributed by atoms with Crippen molar-refractivity contribution in [2.45, 2.75) is 93.3 Å². The van der Waals surface area contributed by atoms with Crippen LogP contribution in [-0.2, 0) is 31.3 Å². The highest BCUT2D eigenvalue weighted by atomic mass is 28.5.